The van der Waals surface area contributed by atoms with Crippen LogP contribution in [-0.2, 0) is 11.3 Å². The van der Waals surface area contributed by atoms with Crippen LogP contribution in [0.1, 0.15) is 5.69 Å². The normalized spacial score (nSPS) is 17.1. The molecule has 0 amide bonds. The number of carboxylic acid groups (broad SMARTS) is 1. The lowest BCUT2D eigenvalue weighted by molar-refractivity contribution is -0.147. The van der Waals surface area contributed by atoms with Crippen molar-refractivity contribution in [3.8, 4) is 0 Å². The molecule has 0 unspecified atom stereocenters. The maximum absolute atomic E-state index is 10.6. The Balaban J connectivity index is 1.94. The van der Waals surface area contributed by atoms with Crippen molar-refractivity contribution in [3.05, 3.63) is 26.9 Å². The second-order valence-electron chi connectivity index (χ2n) is 3.81. The Morgan fingerprint density at radius 1 is 1.56 bits per heavy atom. The molecule has 0 spiro atoms. The van der Waals surface area contributed by atoms with Gasteiger partial charge < -0.3 is 5.11 Å². The van der Waals surface area contributed by atoms with Crippen LogP contribution in [0.4, 0.5) is 0 Å². The van der Waals surface area contributed by atoms with Crippen LogP contribution >= 0.6 is 31.9 Å². The van der Waals surface area contributed by atoms with Gasteiger partial charge in [-0.05, 0) is 37.9 Å². The molecular formula is C10H10Br2N2O2. The number of halogens is 2. The highest BCUT2D eigenvalue weighted by Gasteiger charge is 2.32. The van der Waals surface area contributed by atoms with Crippen LogP contribution in [0.2, 0.25) is 0 Å². The van der Waals surface area contributed by atoms with Gasteiger partial charge in [0.25, 0.3) is 0 Å². The number of aromatic nitrogens is 1. The maximum Gasteiger partial charge on any atom is 0.309 e. The van der Waals surface area contributed by atoms with Crippen LogP contribution in [-0.4, -0.2) is 34.0 Å². The fraction of sp³-hybridized carbons (Fsp3) is 0.400. The molecule has 0 saturated carbocycles. The first kappa shape index (κ1) is 12.0. The number of hydrogen-bond acceptors (Lipinski definition) is 3. The van der Waals surface area contributed by atoms with Crippen LogP contribution in [0.25, 0.3) is 0 Å². The van der Waals surface area contributed by atoms with E-state index in [1.807, 2.05) is 6.07 Å². The molecule has 86 valence electrons. The van der Waals surface area contributed by atoms with E-state index in [4.69, 9.17) is 5.11 Å². The highest BCUT2D eigenvalue weighted by Crippen LogP contribution is 2.24. The van der Waals surface area contributed by atoms with E-state index in [0.717, 1.165) is 14.6 Å². The fourth-order valence-corrected chi connectivity index (χ4v) is 2.74. The van der Waals surface area contributed by atoms with Gasteiger partial charge in [0.05, 0.1) is 11.6 Å². The standard InChI is InChI=1S/C10H10Br2N2O2/c11-7-1-8(12)9(13-2-7)5-14-3-6(4-14)10(15)16/h1-2,6H,3-5H2,(H,15,16). The van der Waals surface area contributed by atoms with Crippen molar-refractivity contribution >= 4 is 37.8 Å². The first-order valence-corrected chi connectivity index (χ1v) is 6.40. The predicted molar refractivity (Wildman–Crippen MR) is 66.0 cm³/mol. The van der Waals surface area contributed by atoms with Crippen molar-refractivity contribution in [2.24, 2.45) is 5.92 Å². The molecular weight excluding hydrogens is 340 g/mol. The molecule has 0 aliphatic carbocycles. The number of carbonyl (C=O) groups is 1. The first-order chi connectivity index (χ1) is 7.56. The van der Waals surface area contributed by atoms with Crippen molar-refractivity contribution < 1.29 is 9.90 Å². The third-order valence-electron chi connectivity index (χ3n) is 2.56. The summed E-state index contributed by atoms with van der Waals surface area (Å²) in [6, 6.07) is 1.94. The van der Waals surface area contributed by atoms with Crippen LogP contribution < -0.4 is 0 Å². The minimum atomic E-state index is -0.709. The Labute approximate surface area is 110 Å². The summed E-state index contributed by atoms with van der Waals surface area (Å²) in [6.45, 7) is 1.91. The summed E-state index contributed by atoms with van der Waals surface area (Å²) in [7, 11) is 0. The summed E-state index contributed by atoms with van der Waals surface area (Å²) < 4.78 is 1.87. The van der Waals surface area contributed by atoms with E-state index in [1.54, 1.807) is 6.20 Å². The van der Waals surface area contributed by atoms with Gasteiger partial charge in [-0.2, -0.15) is 0 Å². The average Bonchev–Trinajstić information content (AvgIpc) is 2.12. The number of rotatable bonds is 3. The maximum atomic E-state index is 10.6. The molecule has 1 N–H and O–H groups in total. The second-order valence-corrected chi connectivity index (χ2v) is 5.58. The molecule has 1 aromatic heterocycles. The Hall–Kier alpha value is -0.460. The van der Waals surface area contributed by atoms with Crippen molar-refractivity contribution in [1.82, 2.24) is 9.88 Å². The molecule has 1 aliphatic heterocycles. The summed E-state index contributed by atoms with van der Waals surface area (Å²) in [5.74, 6) is -0.923. The van der Waals surface area contributed by atoms with Crippen molar-refractivity contribution in [3.63, 3.8) is 0 Å². The van der Waals surface area contributed by atoms with E-state index in [0.29, 0.717) is 19.6 Å². The minimum absolute atomic E-state index is 0.214. The van der Waals surface area contributed by atoms with Gasteiger partial charge in [0.15, 0.2) is 0 Å². The van der Waals surface area contributed by atoms with E-state index in [1.165, 1.54) is 0 Å². The number of carboxylic acids is 1. The van der Waals surface area contributed by atoms with E-state index in [2.05, 4.69) is 41.7 Å². The monoisotopic (exact) mass is 348 g/mol. The molecule has 1 aromatic rings. The van der Waals surface area contributed by atoms with Gasteiger partial charge >= 0.3 is 5.97 Å². The molecule has 1 fully saturated rings. The number of nitrogens with zero attached hydrogens (tertiary/aromatic N) is 2. The Morgan fingerprint density at radius 2 is 2.25 bits per heavy atom. The fourth-order valence-electron chi connectivity index (χ4n) is 1.63. The molecule has 16 heavy (non-hydrogen) atoms. The Kier molecular flexibility index (Phi) is 3.61. The van der Waals surface area contributed by atoms with Crippen LogP contribution in [0.5, 0.6) is 0 Å². The summed E-state index contributed by atoms with van der Waals surface area (Å²) >= 11 is 6.78. The molecule has 2 heterocycles. The lowest BCUT2D eigenvalue weighted by Gasteiger charge is -2.36. The SMILES string of the molecule is O=C(O)C1CN(Cc2ncc(Br)cc2Br)C1. The zero-order valence-corrected chi connectivity index (χ0v) is 11.5. The third-order valence-corrected chi connectivity index (χ3v) is 3.68. The zero-order valence-electron chi connectivity index (χ0n) is 8.36. The van der Waals surface area contributed by atoms with Gasteiger partial charge in [-0.3, -0.25) is 14.7 Å². The smallest absolute Gasteiger partial charge is 0.309 e. The van der Waals surface area contributed by atoms with Gasteiger partial charge in [0, 0.05) is 34.8 Å². The van der Waals surface area contributed by atoms with Gasteiger partial charge in [0.2, 0.25) is 0 Å². The van der Waals surface area contributed by atoms with Crippen LogP contribution in [0, 0.1) is 5.92 Å². The van der Waals surface area contributed by atoms with Crippen molar-refractivity contribution in [2.75, 3.05) is 13.1 Å². The predicted octanol–water partition coefficient (Wildman–Crippen LogP) is 2.12. The van der Waals surface area contributed by atoms with E-state index >= 15 is 0 Å². The number of aliphatic carboxylic acids is 1. The van der Waals surface area contributed by atoms with Gasteiger partial charge in [-0.1, -0.05) is 0 Å². The van der Waals surface area contributed by atoms with Crippen LogP contribution in [0.15, 0.2) is 21.2 Å². The topological polar surface area (TPSA) is 53.4 Å². The molecule has 6 heteroatoms. The molecule has 0 bridgehead atoms. The van der Waals surface area contributed by atoms with E-state index in [-0.39, 0.29) is 5.92 Å². The van der Waals surface area contributed by atoms with Crippen LogP contribution in [0.3, 0.4) is 0 Å². The molecule has 2 rings (SSSR count). The lowest BCUT2D eigenvalue weighted by Crippen LogP contribution is -2.49. The highest BCUT2D eigenvalue weighted by atomic mass is 79.9. The van der Waals surface area contributed by atoms with Gasteiger partial charge in [0.1, 0.15) is 0 Å². The second kappa shape index (κ2) is 4.81. The van der Waals surface area contributed by atoms with E-state index < -0.39 is 5.97 Å². The van der Waals surface area contributed by atoms with Crippen molar-refractivity contribution in [2.45, 2.75) is 6.54 Å². The number of pyridine rings is 1. The molecule has 0 atom stereocenters. The summed E-state index contributed by atoms with van der Waals surface area (Å²) in [6.07, 6.45) is 1.74. The zero-order chi connectivity index (χ0) is 11.7. The number of likely N-dealkylation sites (tertiary alicyclic amines) is 1. The third kappa shape index (κ3) is 2.61. The molecule has 1 aliphatic rings. The van der Waals surface area contributed by atoms with Gasteiger partial charge in [-0.25, -0.2) is 0 Å². The summed E-state index contributed by atoms with van der Waals surface area (Å²) in [4.78, 5) is 17.0. The first-order valence-electron chi connectivity index (χ1n) is 4.81. The van der Waals surface area contributed by atoms with E-state index in [9.17, 15) is 4.79 Å². The largest absolute Gasteiger partial charge is 0.481 e. The Morgan fingerprint density at radius 3 is 2.81 bits per heavy atom. The molecule has 4 nitrogen and oxygen atoms in total. The summed E-state index contributed by atoms with van der Waals surface area (Å²) in [5.41, 5.74) is 0.937. The molecule has 0 radical (unpaired) electrons. The highest BCUT2D eigenvalue weighted by molar-refractivity contribution is 9.11. The average molecular weight is 350 g/mol. The molecule has 1 saturated heterocycles. The number of hydrogen-bond donors (Lipinski definition) is 1. The lowest BCUT2D eigenvalue weighted by atomic mass is 10.0. The van der Waals surface area contributed by atoms with Crippen molar-refractivity contribution in [1.29, 1.82) is 0 Å². The summed E-state index contributed by atoms with van der Waals surface area (Å²) in [5, 5.41) is 8.75. The van der Waals surface area contributed by atoms with Gasteiger partial charge in [-0.15, -0.1) is 0 Å². The molecule has 0 aromatic carbocycles. The minimum Gasteiger partial charge on any atom is -0.481 e. The Bertz CT molecular complexity index is 419. The quantitative estimate of drug-likeness (QED) is 0.908.